The lowest BCUT2D eigenvalue weighted by molar-refractivity contribution is 0.0860. The molecule has 2 atom stereocenters. The number of amides is 2. The number of aryl methyl sites for hydroxylation is 1. The summed E-state index contributed by atoms with van der Waals surface area (Å²) < 4.78 is 5.73. The highest BCUT2D eigenvalue weighted by atomic mass is 32.1. The van der Waals surface area contributed by atoms with Gasteiger partial charge in [0, 0.05) is 23.0 Å². The molecule has 2 amide bonds. The molecule has 0 radical (unpaired) electrons. The van der Waals surface area contributed by atoms with E-state index in [-0.39, 0.29) is 23.9 Å². The number of carbonyl (C=O) groups is 2. The number of aromatic nitrogens is 1. The third-order valence-corrected chi connectivity index (χ3v) is 7.15. The maximum atomic E-state index is 12.9. The van der Waals surface area contributed by atoms with Gasteiger partial charge >= 0.3 is 0 Å². The Kier molecular flexibility index (Phi) is 8.90. The van der Waals surface area contributed by atoms with Crippen molar-refractivity contribution in [3.63, 3.8) is 0 Å². The summed E-state index contributed by atoms with van der Waals surface area (Å²) in [5.74, 6) is 0.468. The van der Waals surface area contributed by atoms with E-state index in [9.17, 15) is 9.59 Å². The fraction of sp³-hybridized carbons (Fsp3) is 0.393. The number of unbranched alkanes of at least 4 members (excludes halogenated alkanes) is 1. The summed E-state index contributed by atoms with van der Waals surface area (Å²) in [5, 5.41) is 8.77. The molecule has 1 aliphatic rings. The van der Waals surface area contributed by atoms with Gasteiger partial charge in [-0.25, -0.2) is 4.98 Å². The molecule has 7 heteroatoms. The van der Waals surface area contributed by atoms with E-state index >= 15 is 0 Å². The number of para-hydroxylation sites is 1. The van der Waals surface area contributed by atoms with Crippen LogP contribution in [0.15, 0.2) is 60.0 Å². The molecule has 2 N–H and O–H groups in total. The van der Waals surface area contributed by atoms with E-state index in [2.05, 4.69) is 22.5 Å². The van der Waals surface area contributed by atoms with Crippen molar-refractivity contribution < 1.29 is 14.3 Å². The average molecular weight is 492 g/mol. The van der Waals surface area contributed by atoms with Crippen LogP contribution in [0.2, 0.25) is 0 Å². The first-order valence-electron chi connectivity index (χ1n) is 12.5. The second-order valence-electron chi connectivity index (χ2n) is 8.97. The van der Waals surface area contributed by atoms with Gasteiger partial charge in [0.05, 0.1) is 0 Å². The summed E-state index contributed by atoms with van der Waals surface area (Å²) in [4.78, 5) is 30.2. The minimum Gasteiger partial charge on any atom is -0.486 e. The summed E-state index contributed by atoms with van der Waals surface area (Å²) in [5.41, 5.74) is 2.30. The number of hydrogen-bond acceptors (Lipinski definition) is 5. The molecule has 184 valence electrons. The number of carbonyl (C=O) groups excluding carboxylic acids is 2. The van der Waals surface area contributed by atoms with Gasteiger partial charge in [-0.1, -0.05) is 56.5 Å². The molecule has 2 unspecified atom stereocenters. The van der Waals surface area contributed by atoms with Gasteiger partial charge < -0.3 is 15.4 Å². The van der Waals surface area contributed by atoms with Crippen molar-refractivity contribution in [3.05, 3.63) is 81.8 Å². The lowest BCUT2D eigenvalue weighted by atomic mass is 9.90. The summed E-state index contributed by atoms with van der Waals surface area (Å²) in [6.07, 6.45) is 7.07. The van der Waals surface area contributed by atoms with Crippen LogP contribution in [0.5, 0.6) is 5.75 Å². The molecule has 1 fully saturated rings. The Labute approximate surface area is 211 Å². The molecule has 1 heterocycles. The number of rotatable bonds is 10. The summed E-state index contributed by atoms with van der Waals surface area (Å²) in [6.45, 7) is 2.50. The van der Waals surface area contributed by atoms with Crippen LogP contribution in [0.25, 0.3) is 0 Å². The molecule has 0 bridgehead atoms. The van der Waals surface area contributed by atoms with Gasteiger partial charge in [-0.15, -0.1) is 11.3 Å². The number of nitrogens with one attached hydrogen (secondary N) is 2. The minimum absolute atomic E-state index is 0.0906. The van der Waals surface area contributed by atoms with Crippen molar-refractivity contribution >= 4 is 23.2 Å². The van der Waals surface area contributed by atoms with Gasteiger partial charge in [-0.3, -0.25) is 9.59 Å². The highest BCUT2D eigenvalue weighted by Crippen LogP contribution is 2.21. The zero-order valence-corrected chi connectivity index (χ0v) is 21.0. The topological polar surface area (TPSA) is 80.3 Å². The molecule has 4 rings (SSSR count). The Balaban J connectivity index is 1.31. The fourth-order valence-electron chi connectivity index (χ4n) is 4.32. The number of nitrogens with zero attached hydrogens (tertiary/aromatic N) is 1. The smallest absolute Gasteiger partial charge is 0.271 e. The minimum atomic E-state index is -0.210. The molecule has 1 aliphatic carbocycles. The molecule has 6 nitrogen and oxygen atoms in total. The predicted octanol–water partition coefficient (Wildman–Crippen LogP) is 5.54. The number of hydrogen-bond donors (Lipinski definition) is 2. The van der Waals surface area contributed by atoms with Crippen LogP contribution in [0.1, 0.15) is 76.9 Å². The first kappa shape index (κ1) is 24.9. The van der Waals surface area contributed by atoms with E-state index in [0.717, 1.165) is 55.7 Å². The Bertz CT molecular complexity index is 1100. The zero-order chi connectivity index (χ0) is 24.5. The van der Waals surface area contributed by atoms with Crippen molar-refractivity contribution in [1.29, 1.82) is 0 Å². The van der Waals surface area contributed by atoms with Crippen molar-refractivity contribution in [2.24, 2.45) is 0 Å². The van der Waals surface area contributed by atoms with Crippen LogP contribution < -0.4 is 15.4 Å². The third-order valence-electron chi connectivity index (χ3n) is 6.32. The predicted molar refractivity (Wildman–Crippen MR) is 139 cm³/mol. The van der Waals surface area contributed by atoms with Crippen LogP contribution in [-0.2, 0) is 13.0 Å². The monoisotopic (exact) mass is 491 g/mol. The maximum Gasteiger partial charge on any atom is 0.271 e. The van der Waals surface area contributed by atoms with Gasteiger partial charge in [0.15, 0.2) is 0 Å². The second-order valence-corrected chi connectivity index (χ2v) is 9.92. The maximum absolute atomic E-state index is 12.9. The van der Waals surface area contributed by atoms with E-state index in [1.165, 1.54) is 16.9 Å². The Morgan fingerprint density at radius 2 is 1.66 bits per heavy atom. The van der Waals surface area contributed by atoms with E-state index in [1.54, 1.807) is 5.38 Å². The summed E-state index contributed by atoms with van der Waals surface area (Å²) in [6, 6.07) is 17.2. The first-order valence-corrected chi connectivity index (χ1v) is 13.3. The van der Waals surface area contributed by atoms with Crippen LogP contribution in [0, 0.1) is 0 Å². The molecular formula is C28H33N3O3S. The second kappa shape index (κ2) is 12.5. The zero-order valence-electron chi connectivity index (χ0n) is 20.2. The van der Waals surface area contributed by atoms with E-state index < -0.39 is 0 Å². The van der Waals surface area contributed by atoms with Gasteiger partial charge in [-0.2, -0.15) is 0 Å². The summed E-state index contributed by atoms with van der Waals surface area (Å²) >= 11 is 1.41. The quantitative estimate of drug-likeness (QED) is 0.390. The molecule has 0 spiro atoms. The number of thiazole rings is 1. The molecule has 0 saturated heterocycles. The molecule has 35 heavy (non-hydrogen) atoms. The molecule has 2 aromatic carbocycles. The Morgan fingerprint density at radius 3 is 2.34 bits per heavy atom. The van der Waals surface area contributed by atoms with E-state index in [0.29, 0.717) is 17.9 Å². The van der Waals surface area contributed by atoms with Crippen molar-refractivity contribution in [2.45, 2.75) is 70.6 Å². The van der Waals surface area contributed by atoms with Crippen LogP contribution in [0.3, 0.4) is 0 Å². The highest BCUT2D eigenvalue weighted by Gasteiger charge is 2.29. The van der Waals surface area contributed by atoms with Crippen LogP contribution in [0.4, 0.5) is 0 Å². The van der Waals surface area contributed by atoms with Gasteiger partial charge in [0.1, 0.15) is 23.1 Å². The molecule has 3 aromatic rings. The SMILES string of the molecule is CCCCc1ccc(C(=O)NC2CCCCC2NC(=O)c2csc(COc3ccccc3)n2)cc1. The van der Waals surface area contributed by atoms with E-state index in [4.69, 9.17) is 4.74 Å². The van der Waals surface area contributed by atoms with E-state index in [1.807, 2.05) is 54.6 Å². The lowest BCUT2D eigenvalue weighted by Crippen LogP contribution is -2.53. The standard InChI is InChI=1S/C28H33N3O3S/c1-2-3-9-20-14-16-21(17-15-20)27(32)30-23-12-7-8-13-24(23)31-28(33)25-19-35-26(29-25)18-34-22-10-5-4-6-11-22/h4-6,10-11,14-17,19,23-24H,2-3,7-9,12-13,18H2,1H3,(H,30,32)(H,31,33). The molecular weight excluding hydrogens is 458 g/mol. The van der Waals surface area contributed by atoms with Gasteiger partial charge in [0.2, 0.25) is 0 Å². The van der Waals surface area contributed by atoms with Crippen LogP contribution in [-0.4, -0.2) is 28.9 Å². The lowest BCUT2D eigenvalue weighted by Gasteiger charge is -2.32. The Morgan fingerprint density at radius 1 is 0.971 bits per heavy atom. The number of benzene rings is 2. The Hall–Kier alpha value is -3.19. The molecule has 0 aliphatic heterocycles. The average Bonchev–Trinajstić information content (AvgIpc) is 3.37. The number of ether oxygens (including phenoxy) is 1. The van der Waals surface area contributed by atoms with Gasteiger partial charge in [0.25, 0.3) is 11.8 Å². The third kappa shape index (κ3) is 7.15. The molecule has 1 aromatic heterocycles. The van der Waals surface area contributed by atoms with Crippen molar-refractivity contribution in [3.8, 4) is 5.75 Å². The normalized spacial score (nSPS) is 17.5. The van der Waals surface area contributed by atoms with Crippen molar-refractivity contribution in [1.82, 2.24) is 15.6 Å². The van der Waals surface area contributed by atoms with Crippen molar-refractivity contribution in [2.75, 3.05) is 0 Å². The van der Waals surface area contributed by atoms with Gasteiger partial charge in [-0.05, 0) is 55.5 Å². The first-order chi connectivity index (χ1) is 17.1. The fourth-order valence-corrected chi connectivity index (χ4v) is 5.00. The van der Waals surface area contributed by atoms with Crippen LogP contribution >= 0.6 is 11.3 Å². The largest absolute Gasteiger partial charge is 0.486 e. The highest BCUT2D eigenvalue weighted by molar-refractivity contribution is 7.09. The molecule has 1 saturated carbocycles. The summed E-state index contributed by atoms with van der Waals surface area (Å²) in [7, 11) is 0.